The number of nitrogens with one attached hydrogen (secondary N) is 1. The average Bonchev–Trinajstić information content (AvgIpc) is 3.08. The molecule has 2 saturated heterocycles. The van der Waals surface area contributed by atoms with E-state index in [4.69, 9.17) is 9.47 Å². The summed E-state index contributed by atoms with van der Waals surface area (Å²) in [7, 11) is 0. The quantitative estimate of drug-likeness (QED) is 0.806. The molecule has 0 aromatic carbocycles. The van der Waals surface area contributed by atoms with Crippen LogP contribution in [0.5, 0.6) is 0 Å². The number of morpholine rings is 1. The van der Waals surface area contributed by atoms with Crippen LogP contribution in [0.1, 0.15) is 37.5 Å². The normalized spacial score (nSPS) is 27.8. The van der Waals surface area contributed by atoms with Crippen molar-refractivity contribution in [3.8, 4) is 0 Å². The standard InChI is InChI=1S/C13H20N4O3/c1-2-3-11-14-12(16-15-11)10-8-17(5-7-19-10)9-4-6-20-13(9)18/h9-10H,2-8H2,1H3,(H,14,15,16)/t9-,10-/m0/s1. The van der Waals surface area contributed by atoms with Gasteiger partial charge in [-0.15, -0.1) is 0 Å². The fourth-order valence-electron chi connectivity index (χ4n) is 2.73. The molecule has 110 valence electrons. The summed E-state index contributed by atoms with van der Waals surface area (Å²) in [5, 5.41) is 7.18. The number of aromatic amines is 1. The van der Waals surface area contributed by atoms with E-state index in [1.807, 2.05) is 0 Å². The van der Waals surface area contributed by atoms with Gasteiger partial charge in [-0.05, 0) is 6.42 Å². The van der Waals surface area contributed by atoms with Gasteiger partial charge in [0.1, 0.15) is 18.0 Å². The van der Waals surface area contributed by atoms with Gasteiger partial charge in [0, 0.05) is 25.9 Å². The molecule has 3 rings (SSSR count). The minimum Gasteiger partial charge on any atom is -0.464 e. The topological polar surface area (TPSA) is 80.3 Å². The van der Waals surface area contributed by atoms with Crippen molar-refractivity contribution in [3.63, 3.8) is 0 Å². The number of H-pyrrole nitrogens is 1. The first kappa shape index (κ1) is 13.5. The lowest BCUT2D eigenvalue weighted by Gasteiger charge is -2.33. The van der Waals surface area contributed by atoms with Gasteiger partial charge in [0.05, 0.1) is 13.2 Å². The highest BCUT2D eigenvalue weighted by atomic mass is 16.5. The summed E-state index contributed by atoms with van der Waals surface area (Å²) >= 11 is 0. The monoisotopic (exact) mass is 280 g/mol. The zero-order chi connectivity index (χ0) is 13.9. The third kappa shape index (κ3) is 2.69. The number of aromatic nitrogens is 3. The van der Waals surface area contributed by atoms with Gasteiger partial charge in [-0.3, -0.25) is 14.8 Å². The van der Waals surface area contributed by atoms with E-state index >= 15 is 0 Å². The van der Waals surface area contributed by atoms with E-state index in [-0.39, 0.29) is 18.1 Å². The molecule has 3 heterocycles. The summed E-state index contributed by atoms with van der Waals surface area (Å²) in [5.41, 5.74) is 0. The average molecular weight is 280 g/mol. The van der Waals surface area contributed by atoms with E-state index in [1.54, 1.807) is 0 Å². The van der Waals surface area contributed by atoms with E-state index in [9.17, 15) is 4.79 Å². The van der Waals surface area contributed by atoms with Crippen molar-refractivity contribution in [2.75, 3.05) is 26.3 Å². The molecule has 1 aromatic rings. The minimum absolute atomic E-state index is 0.118. The molecule has 7 nitrogen and oxygen atoms in total. The molecular weight excluding hydrogens is 260 g/mol. The molecule has 20 heavy (non-hydrogen) atoms. The summed E-state index contributed by atoms with van der Waals surface area (Å²) < 4.78 is 10.8. The number of aryl methyl sites for hydroxylation is 1. The van der Waals surface area contributed by atoms with Crippen molar-refractivity contribution < 1.29 is 14.3 Å². The Kier molecular flexibility index (Phi) is 3.98. The lowest BCUT2D eigenvalue weighted by Crippen LogP contribution is -2.46. The highest BCUT2D eigenvalue weighted by Gasteiger charge is 2.36. The summed E-state index contributed by atoms with van der Waals surface area (Å²) in [6.45, 7) is 4.61. The molecule has 0 saturated carbocycles. The van der Waals surface area contributed by atoms with Crippen molar-refractivity contribution in [1.82, 2.24) is 20.1 Å². The summed E-state index contributed by atoms with van der Waals surface area (Å²) in [6.07, 6.45) is 2.51. The van der Waals surface area contributed by atoms with Crippen molar-refractivity contribution in [2.45, 2.75) is 38.3 Å². The Morgan fingerprint density at radius 2 is 2.35 bits per heavy atom. The Morgan fingerprint density at radius 1 is 1.45 bits per heavy atom. The Balaban J connectivity index is 1.66. The molecule has 0 radical (unpaired) electrons. The molecule has 7 heteroatoms. The van der Waals surface area contributed by atoms with E-state index in [1.165, 1.54) is 0 Å². The summed E-state index contributed by atoms with van der Waals surface area (Å²) in [6, 6.07) is -0.129. The molecule has 0 aliphatic carbocycles. The first-order chi connectivity index (χ1) is 9.78. The Labute approximate surface area is 117 Å². The number of hydrogen-bond acceptors (Lipinski definition) is 6. The second-order valence-corrected chi connectivity index (χ2v) is 5.22. The van der Waals surface area contributed by atoms with E-state index in [2.05, 4.69) is 27.0 Å². The summed E-state index contributed by atoms with van der Waals surface area (Å²) in [5.74, 6) is 1.46. The highest BCUT2D eigenvalue weighted by Crippen LogP contribution is 2.24. The third-order valence-electron chi connectivity index (χ3n) is 3.77. The smallest absolute Gasteiger partial charge is 0.323 e. The predicted molar refractivity (Wildman–Crippen MR) is 70.0 cm³/mol. The zero-order valence-electron chi connectivity index (χ0n) is 11.7. The van der Waals surface area contributed by atoms with E-state index in [0.29, 0.717) is 25.6 Å². The fourth-order valence-corrected chi connectivity index (χ4v) is 2.73. The largest absolute Gasteiger partial charge is 0.464 e. The molecule has 2 fully saturated rings. The SMILES string of the molecule is CCCc1nc([C@@H]2CN([C@H]3CCOC3=O)CCO2)n[nH]1. The van der Waals surface area contributed by atoms with E-state index in [0.717, 1.165) is 31.6 Å². The molecule has 1 aromatic heterocycles. The molecule has 1 N–H and O–H groups in total. The van der Waals surface area contributed by atoms with Crippen LogP contribution >= 0.6 is 0 Å². The molecule has 0 spiro atoms. The highest BCUT2D eigenvalue weighted by molar-refractivity contribution is 5.77. The maximum absolute atomic E-state index is 11.7. The molecule has 2 aliphatic rings. The number of hydrogen-bond donors (Lipinski definition) is 1. The number of cyclic esters (lactones) is 1. The number of carbonyl (C=O) groups is 1. The second-order valence-electron chi connectivity index (χ2n) is 5.22. The predicted octanol–water partition coefficient (Wildman–Crippen LogP) is 0.446. The Bertz CT molecular complexity index is 476. The van der Waals surface area contributed by atoms with Gasteiger partial charge in [-0.1, -0.05) is 6.92 Å². The van der Waals surface area contributed by atoms with Crippen LogP contribution in [0.15, 0.2) is 0 Å². The number of nitrogens with zero attached hydrogens (tertiary/aromatic N) is 3. The van der Waals surface area contributed by atoms with Crippen LogP contribution in [-0.4, -0.2) is 58.4 Å². The van der Waals surface area contributed by atoms with Crippen LogP contribution in [0, 0.1) is 0 Å². The van der Waals surface area contributed by atoms with Gasteiger partial charge in [-0.2, -0.15) is 5.10 Å². The molecule has 0 unspecified atom stereocenters. The van der Waals surface area contributed by atoms with Gasteiger partial charge in [0.25, 0.3) is 0 Å². The first-order valence-corrected chi connectivity index (χ1v) is 7.21. The number of rotatable bonds is 4. The molecule has 2 aliphatic heterocycles. The van der Waals surface area contributed by atoms with Gasteiger partial charge >= 0.3 is 5.97 Å². The van der Waals surface area contributed by atoms with Crippen LogP contribution in [0.2, 0.25) is 0 Å². The molecule has 0 bridgehead atoms. The van der Waals surface area contributed by atoms with Crippen molar-refractivity contribution in [3.05, 3.63) is 11.6 Å². The van der Waals surface area contributed by atoms with Crippen LogP contribution in [0.4, 0.5) is 0 Å². The van der Waals surface area contributed by atoms with E-state index < -0.39 is 0 Å². The molecule has 2 atom stereocenters. The third-order valence-corrected chi connectivity index (χ3v) is 3.77. The second kappa shape index (κ2) is 5.88. The van der Waals surface area contributed by atoms with Crippen molar-refractivity contribution in [2.24, 2.45) is 0 Å². The maximum atomic E-state index is 11.7. The van der Waals surface area contributed by atoms with Gasteiger partial charge in [0.15, 0.2) is 5.82 Å². The number of ether oxygens (including phenoxy) is 2. The zero-order valence-corrected chi connectivity index (χ0v) is 11.7. The molecular formula is C13H20N4O3. The number of esters is 1. The van der Waals surface area contributed by atoms with Crippen molar-refractivity contribution >= 4 is 5.97 Å². The van der Waals surface area contributed by atoms with Gasteiger partial charge in [-0.25, -0.2) is 4.98 Å². The molecule has 0 amide bonds. The van der Waals surface area contributed by atoms with Crippen LogP contribution in [0.3, 0.4) is 0 Å². The van der Waals surface area contributed by atoms with Crippen LogP contribution in [-0.2, 0) is 20.7 Å². The Morgan fingerprint density at radius 3 is 3.10 bits per heavy atom. The van der Waals surface area contributed by atoms with Crippen LogP contribution in [0.25, 0.3) is 0 Å². The minimum atomic E-state index is -0.168. The summed E-state index contributed by atoms with van der Waals surface area (Å²) in [4.78, 5) is 18.3. The van der Waals surface area contributed by atoms with Crippen LogP contribution < -0.4 is 0 Å². The Hall–Kier alpha value is -1.47. The lowest BCUT2D eigenvalue weighted by atomic mass is 10.1. The fraction of sp³-hybridized carbons (Fsp3) is 0.769. The maximum Gasteiger partial charge on any atom is 0.323 e. The van der Waals surface area contributed by atoms with Crippen molar-refractivity contribution in [1.29, 1.82) is 0 Å². The van der Waals surface area contributed by atoms with Gasteiger partial charge in [0.2, 0.25) is 0 Å². The lowest BCUT2D eigenvalue weighted by molar-refractivity contribution is -0.144. The first-order valence-electron chi connectivity index (χ1n) is 7.21. The number of carbonyl (C=O) groups excluding carboxylic acids is 1. The van der Waals surface area contributed by atoms with Gasteiger partial charge < -0.3 is 9.47 Å².